The molecule has 1 aromatic carbocycles. The Balaban J connectivity index is 0.00000264. The van der Waals surface area contributed by atoms with Gasteiger partial charge in [-0.15, -0.1) is 0 Å². The second-order valence-electron chi connectivity index (χ2n) is 4.97. The zero-order valence-electron chi connectivity index (χ0n) is 12.8. The predicted molar refractivity (Wildman–Crippen MR) is 84.4 cm³/mol. The van der Waals surface area contributed by atoms with Crippen LogP contribution in [0.25, 0.3) is 11.0 Å². The van der Waals surface area contributed by atoms with Crippen LogP contribution in [0.4, 0.5) is 0 Å². The Bertz CT molecular complexity index is 728. The fourth-order valence-electron chi connectivity index (χ4n) is 2.05. The van der Waals surface area contributed by atoms with E-state index in [9.17, 15) is 9.59 Å². The van der Waals surface area contributed by atoms with Gasteiger partial charge in [0.1, 0.15) is 11.8 Å². The van der Waals surface area contributed by atoms with E-state index in [4.69, 9.17) is 4.42 Å². The van der Waals surface area contributed by atoms with Crippen LogP contribution >= 0.6 is 0 Å². The zero-order chi connectivity index (χ0) is 15.8. The van der Waals surface area contributed by atoms with Gasteiger partial charge < -0.3 is 22.6 Å². The minimum Gasteiger partial charge on any atom is -1.00 e. The zero-order valence-corrected chi connectivity index (χ0v) is 13.5. The van der Waals surface area contributed by atoms with Gasteiger partial charge in [-0.05, 0) is 31.4 Å². The minimum atomic E-state index is -0.171. The minimum absolute atomic E-state index is 0. The molecule has 0 fully saturated rings. The molecule has 124 valence electrons. The van der Waals surface area contributed by atoms with Crippen molar-refractivity contribution in [1.29, 1.82) is 0 Å². The second-order valence-corrected chi connectivity index (χ2v) is 4.97. The van der Waals surface area contributed by atoms with Crippen molar-refractivity contribution in [2.24, 2.45) is 5.10 Å². The van der Waals surface area contributed by atoms with E-state index < -0.39 is 0 Å². The fourth-order valence-corrected chi connectivity index (χ4v) is 2.05. The van der Waals surface area contributed by atoms with Crippen molar-refractivity contribution in [2.45, 2.75) is 25.7 Å². The first-order valence-electron chi connectivity index (χ1n) is 7.34. The number of nitrogens with one attached hydrogen (secondary N) is 1. The van der Waals surface area contributed by atoms with E-state index >= 15 is 0 Å². The molecule has 0 saturated heterocycles. The molecule has 0 aliphatic heterocycles. The summed E-state index contributed by atoms with van der Waals surface area (Å²) in [6, 6.07) is 6.99. The lowest BCUT2D eigenvalue weighted by atomic mass is 10.2. The van der Waals surface area contributed by atoms with E-state index in [0.717, 1.165) is 25.8 Å². The number of hydrogen-bond donors (Lipinski definition) is 2. The standard InChI is InChI=1S/C16H19N3O3.ClH/c17-9-5-1-2-8-15(20)19-18-10-12-11-22-14-7-4-3-6-13(14)16(12)21;/h3-4,6-7,10-11H,1-2,5,8-9,17H2,(H,19,20);1H/b18-10+;. The molecule has 1 heterocycles. The number of rotatable bonds is 7. The van der Waals surface area contributed by atoms with Crippen LogP contribution in [0.15, 0.2) is 44.8 Å². The highest BCUT2D eigenvalue weighted by Crippen LogP contribution is 2.09. The highest BCUT2D eigenvalue weighted by Gasteiger charge is 2.04. The molecule has 0 aliphatic rings. The van der Waals surface area contributed by atoms with Gasteiger partial charge in [-0.1, -0.05) is 12.1 Å². The largest absolute Gasteiger partial charge is 1.00 e. The monoisotopic (exact) mass is 337 g/mol. The SMILES string of the molecule is [Cl-].[NH3+]CCCCCC(=O)N/N=C/c1coc2ccccc2c1=O. The van der Waals surface area contributed by atoms with Gasteiger partial charge in [-0.25, -0.2) is 5.43 Å². The van der Waals surface area contributed by atoms with E-state index in [1.165, 1.54) is 12.5 Å². The third-order valence-corrected chi connectivity index (χ3v) is 3.25. The van der Waals surface area contributed by atoms with Gasteiger partial charge in [0.2, 0.25) is 11.3 Å². The molecule has 1 aromatic heterocycles. The number of nitrogens with zero attached hydrogens (tertiary/aromatic N) is 1. The third-order valence-electron chi connectivity index (χ3n) is 3.25. The van der Waals surface area contributed by atoms with Crippen molar-refractivity contribution < 1.29 is 27.4 Å². The lowest BCUT2D eigenvalue weighted by molar-refractivity contribution is -0.368. The van der Waals surface area contributed by atoms with Crippen molar-refractivity contribution in [3.8, 4) is 0 Å². The Morgan fingerprint density at radius 1 is 1.26 bits per heavy atom. The summed E-state index contributed by atoms with van der Waals surface area (Å²) in [6.07, 6.45) is 5.89. The molecule has 0 unspecified atom stereocenters. The third kappa shape index (κ3) is 5.50. The quantitative estimate of drug-likeness (QED) is 0.349. The number of halogens is 1. The average Bonchev–Trinajstić information content (AvgIpc) is 2.54. The van der Waals surface area contributed by atoms with E-state index in [2.05, 4.69) is 16.3 Å². The number of carbonyl (C=O) groups excluding carboxylic acids is 1. The molecule has 1 amide bonds. The first-order chi connectivity index (χ1) is 10.7. The summed E-state index contributed by atoms with van der Waals surface area (Å²) < 4.78 is 5.36. The van der Waals surface area contributed by atoms with Gasteiger partial charge in [0.25, 0.3) is 0 Å². The van der Waals surface area contributed by atoms with Crippen molar-refractivity contribution >= 4 is 23.1 Å². The van der Waals surface area contributed by atoms with E-state index in [1.54, 1.807) is 24.3 Å². The molecule has 6 nitrogen and oxygen atoms in total. The first-order valence-corrected chi connectivity index (χ1v) is 7.34. The van der Waals surface area contributed by atoms with Crippen LogP contribution in [0, 0.1) is 0 Å². The van der Waals surface area contributed by atoms with Crippen LogP contribution in [0.3, 0.4) is 0 Å². The highest BCUT2D eigenvalue weighted by atomic mass is 35.5. The van der Waals surface area contributed by atoms with E-state index in [0.29, 0.717) is 23.0 Å². The van der Waals surface area contributed by atoms with Crippen LogP contribution in [0.5, 0.6) is 0 Å². The summed E-state index contributed by atoms with van der Waals surface area (Å²) in [4.78, 5) is 23.7. The maximum atomic E-state index is 12.2. The lowest BCUT2D eigenvalue weighted by Gasteiger charge is -1.99. The molecule has 23 heavy (non-hydrogen) atoms. The normalized spacial score (nSPS) is 10.7. The predicted octanol–water partition coefficient (Wildman–Crippen LogP) is -1.95. The summed E-state index contributed by atoms with van der Waals surface area (Å²) in [5.74, 6) is -0.162. The van der Waals surface area contributed by atoms with Crippen LogP contribution in [-0.2, 0) is 4.79 Å². The number of amides is 1. The van der Waals surface area contributed by atoms with E-state index in [-0.39, 0.29) is 23.7 Å². The van der Waals surface area contributed by atoms with Gasteiger partial charge in [0.15, 0.2) is 0 Å². The molecule has 7 heteroatoms. The highest BCUT2D eigenvalue weighted by molar-refractivity contribution is 5.87. The van der Waals surface area contributed by atoms with Gasteiger partial charge >= 0.3 is 0 Å². The maximum absolute atomic E-state index is 12.2. The molecule has 2 aromatic rings. The van der Waals surface area contributed by atoms with Crippen LogP contribution in [-0.4, -0.2) is 18.7 Å². The summed E-state index contributed by atoms with van der Waals surface area (Å²) in [5, 5.41) is 4.30. The van der Waals surface area contributed by atoms with Crippen molar-refractivity contribution in [3.63, 3.8) is 0 Å². The molecular formula is C16H20ClN3O3. The number of unbranched alkanes of at least 4 members (excludes halogenated alkanes) is 2. The number of carbonyl (C=O) groups is 1. The Morgan fingerprint density at radius 2 is 2.04 bits per heavy atom. The van der Waals surface area contributed by atoms with Gasteiger partial charge in [-0.3, -0.25) is 9.59 Å². The summed E-state index contributed by atoms with van der Waals surface area (Å²) >= 11 is 0. The first kappa shape index (κ1) is 18.9. The molecule has 0 bridgehead atoms. The number of hydrazone groups is 1. The van der Waals surface area contributed by atoms with E-state index in [1.807, 2.05) is 0 Å². The van der Waals surface area contributed by atoms with Crippen LogP contribution in [0.2, 0.25) is 0 Å². The topological polar surface area (TPSA) is 99.3 Å². The maximum Gasteiger partial charge on any atom is 0.240 e. The van der Waals surface area contributed by atoms with Crippen molar-refractivity contribution in [3.05, 3.63) is 46.3 Å². The van der Waals surface area contributed by atoms with Gasteiger partial charge in [-0.2, -0.15) is 5.10 Å². The van der Waals surface area contributed by atoms with Crippen molar-refractivity contribution in [2.75, 3.05) is 6.54 Å². The molecule has 0 radical (unpaired) electrons. The Hall–Kier alpha value is -2.18. The molecule has 0 aliphatic carbocycles. The number of para-hydroxylation sites is 1. The van der Waals surface area contributed by atoms with Crippen LogP contribution < -0.4 is 29.0 Å². The summed E-state index contributed by atoms with van der Waals surface area (Å²) in [7, 11) is 0. The second kappa shape index (κ2) is 9.76. The van der Waals surface area contributed by atoms with Gasteiger partial charge in [0, 0.05) is 6.42 Å². The molecule has 0 saturated carbocycles. The molecule has 2 rings (SSSR count). The summed E-state index contributed by atoms with van der Waals surface area (Å²) in [6.45, 7) is 0.886. The number of hydrogen-bond acceptors (Lipinski definition) is 4. The number of fused-ring (bicyclic) bond motifs is 1. The Morgan fingerprint density at radius 3 is 2.83 bits per heavy atom. The molecular weight excluding hydrogens is 318 g/mol. The van der Waals surface area contributed by atoms with Gasteiger partial charge in [0.05, 0.1) is 23.7 Å². The fraction of sp³-hybridized carbons (Fsp3) is 0.312. The van der Waals surface area contributed by atoms with Crippen LogP contribution in [0.1, 0.15) is 31.2 Å². The molecule has 0 spiro atoms. The Labute approximate surface area is 140 Å². The number of benzene rings is 1. The molecule has 0 atom stereocenters. The Kier molecular flexibility index (Phi) is 8.01. The lowest BCUT2D eigenvalue weighted by Crippen LogP contribution is -3.00. The van der Waals surface area contributed by atoms with Crippen molar-refractivity contribution in [1.82, 2.24) is 5.43 Å². The molecule has 4 N–H and O–H groups in total. The smallest absolute Gasteiger partial charge is 0.240 e. The summed E-state index contributed by atoms with van der Waals surface area (Å²) in [5.41, 5.74) is 6.83. The number of quaternary nitrogens is 1. The average molecular weight is 338 g/mol.